The first-order valence-electron chi connectivity index (χ1n) is 2.71. The van der Waals surface area contributed by atoms with Crippen LogP contribution in [0.1, 0.15) is 4.88 Å². The van der Waals surface area contributed by atoms with Crippen molar-refractivity contribution in [3.05, 3.63) is 29.0 Å². The van der Waals surface area contributed by atoms with Crippen molar-refractivity contribution < 1.29 is 0 Å². The summed E-state index contributed by atoms with van der Waals surface area (Å²) in [6.45, 7) is 3.65. The van der Waals surface area contributed by atoms with E-state index < -0.39 is 0 Å². The van der Waals surface area contributed by atoms with Crippen molar-refractivity contribution in [1.82, 2.24) is 0 Å². The van der Waals surface area contributed by atoms with Crippen LogP contribution in [0.5, 0.6) is 0 Å². The number of thiophene rings is 1. The van der Waals surface area contributed by atoms with E-state index in [1.54, 1.807) is 11.3 Å². The Labute approximate surface area is 64.6 Å². The first-order chi connectivity index (χ1) is 4.34. The fraction of sp³-hybridized carbons (Fsp3) is 0.143. The van der Waals surface area contributed by atoms with E-state index in [1.165, 1.54) is 4.88 Å². The Kier molecular flexibility index (Phi) is 2.37. The predicted molar refractivity (Wildman–Crippen MR) is 45.5 cm³/mol. The van der Waals surface area contributed by atoms with Gasteiger partial charge in [-0.05, 0) is 11.4 Å². The summed E-state index contributed by atoms with van der Waals surface area (Å²) < 4.78 is 0. The third kappa shape index (κ3) is 1.60. The van der Waals surface area contributed by atoms with Gasteiger partial charge in [-0.2, -0.15) is 0 Å². The van der Waals surface area contributed by atoms with Crippen LogP contribution in [0.4, 0.5) is 0 Å². The average Bonchev–Trinajstić information content (AvgIpc) is 2.18. The predicted octanol–water partition coefficient (Wildman–Crippen LogP) is 2.77. The van der Waals surface area contributed by atoms with Gasteiger partial charge in [0.1, 0.15) is 0 Å². The van der Waals surface area contributed by atoms with Gasteiger partial charge in [0.25, 0.3) is 0 Å². The molecule has 1 aromatic heterocycles. The van der Waals surface area contributed by atoms with Gasteiger partial charge in [-0.1, -0.05) is 6.08 Å². The first kappa shape index (κ1) is 6.90. The van der Waals surface area contributed by atoms with Crippen LogP contribution in [-0.2, 0) is 6.42 Å². The first-order valence-corrected chi connectivity index (χ1v) is 4.03. The molecule has 1 heterocycles. The van der Waals surface area contributed by atoms with Gasteiger partial charge >= 0.3 is 0 Å². The van der Waals surface area contributed by atoms with Crippen LogP contribution in [0.2, 0.25) is 0 Å². The summed E-state index contributed by atoms with van der Waals surface area (Å²) in [4.78, 5) is 2.38. The maximum atomic E-state index is 4.25. The third-order valence-corrected chi connectivity index (χ3v) is 2.57. The Morgan fingerprint density at radius 3 is 3.00 bits per heavy atom. The molecular formula is C7H8S2. The molecule has 0 N–H and O–H groups in total. The smallest absolute Gasteiger partial charge is 0.0216 e. The maximum absolute atomic E-state index is 4.25. The molecule has 0 spiro atoms. The lowest BCUT2D eigenvalue weighted by atomic mass is 10.3. The standard InChI is InChI=1S/C7H8S2/c1-2-3-7-6(8)4-5-9-7/h2,4-5,8H,1,3H2. The van der Waals surface area contributed by atoms with Crippen molar-refractivity contribution in [1.29, 1.82) is 0 Å². The normalized spacial score (nSPS) is 9.44. The molecule has 0 bridgehead atoms. The Morgan fingerprint density at radius 1 is 1.78 bits per heavy atom. The van der Waals surface area contributed by atoms with E-state index in [0.29, 0.717) is 0 Å². The molecule has 0 aliphatic heterocycles. The summed E-state index contributed by atoms with van der Waals surface area (Å²) in [6, 6.07) is 2.01. The highest BCUT2D eigenvalue weighted by molar-refractivity contribution is 7.80. The van der Waals surface area contributed by atoms with Crippen LogP contribution < -0.4 is 0 Å². The van der Waals surface area contributed by atoms with Gasteiger partial charge in [0.2, 0.25) is 0 Å². The monoisotopic (exact) mass is 156 g/mol. The molecule has 48 valence electrons. The van der Waals surface area contributed by atoms with E-state index in [9.17, 15) is 0 Å². The Morgan fingerprint density at radius 2 is 2.56 bits per heavy atom. The van der Waals surface area contributed by atoms with E-state index >= 15 is 0 Å². The second-order valence-electron chi connectivity index (χ2n) is 1.72. The second-order valence-corrected chi connectivity index (χ2v) is 3.20. The van der Waals surface area contributed by atoms with Gasteiger partial charge in [0, 0.05) is 16.2 Å². The van der Waals surface area contributed by atoms with Gasteiger partial charge < -0.3 is 0 Å². The van der Waals surface area contributed by atoms with Gasteiger partial charge in [0.15, 0.2) is 0 Å². The summed E-state index contributed by atoms with van der Waals surface area (Å²) in [5.74, 6) is 0. The molecule has 0 radical (unpaired) electrons. The summed E-state index contributed by atoms with van der Waals surface area (Å²) in [5, 5.41) is 2.04. The molecule has 0 aliphatic rings. The van der Waals surface area contributed by atoms with Gasteiger partial charge in [-0.3, -0.25) is 0 Å². The summed E-state index contributed by atoms with van der Waals surface area (Å²) in [6.07, 6.45) is 2.84. The van der Waals surface area contributed by atoms with Gasteiger partial charge in [-0.15, -0.1) is 30.5 Å². The Bertz CT molecular complexity index is 200. The summed E-state index contributed by atoms with van der Waals surface area (Å²) in [5.41, 5.74) is 0. The van der Waals surface area contributed by atoms with E-state index in [1.807, 2.05) is 17.5 Å². The van der Waals surface area contributed by atoms with Crippen LogP contribution in [0.3, 0.4) is 0 Å². The van der Waals surface area contributed by atoms with Crippen molar-refractivity contribution in [2.45, 2.75) is 11.3 Å². The molecule has 0 nitrogen and oxygen atoms in total. The van der Waals surface area contributed by atoms with Crippen molar-refractivity contribution in [3.8, 4) is 0 Å². The molecule has 0 atom stereocenters. The topological polar surface area (TPSA) is 0 Å². The summed E-state index contributed by atoms with van der Waals surface area (Å²) >= 11 is 5.97. The number of rotatable bonds is 2. The molecule has 0 aromatic carbocycles. The molecule has 0 unspecified atom stereocenters. The van der Waals surface area contributed by atoms with E-state index in [2.05, 4.69) is 19.2 Å². The van der Waals surface area contributed by atoms with Crippen molar-refractivity contribution >= 4 is 24.0 Å². The van der Waals surface area contributed by atoms with Crippen LogP contribution in [-0.4, -0.2) is 0 Å². The molecule has 1 rings (SSSR count). The molecule has 1 aromatic rings. The second kappa shape index (κ2) is 3.08. The van der Waals surface area contributed by atoms with Crippen LogP contribution >= 0.6 is 24.0 Å². The van der Waals surface area contributed by atoms with Crippen LogP contribution in [0.25, 0.3) is 0 Å². The fourth-order valence-electron chi connectivity index (χ4n) is 0.618. The minimum Gasteiger partial charge on any atom is -0.147 e. The van der Waals surface area contributed by atoms with E-state index in [4.69, 9.17) is 0 Å². The van der Waals surface area contributed by atoms with Gasteiger partial charge in [-0.25, -0.2) is 0 Å². The SMILES string of the molecule is C=CCc1sccc1S. The molecule has 0 fully saturated rings. The van der Waals surface area contributed by atoms with E-state index in [-0.39, 0.29) is 0 Å². The third-order valence-electron chi connectivity index (χ3n) is 1.05. The van der Waals surface area contributed by atoms with Crippen molar-refractivity contribution in [2.24, 2.45) is 0 Å². The summed E-state index contributed by atoms with van der Waals surface area (Å²) in [7, 11) is 0. The molecule has 0 amide bonds. The molecular weight excluding hydrogens is 148 g/mol. The Balaban J connectivity index is 2.80. The number of thiol groups is 1. The van der Waals surface area contributed by atoms with Crippen LogP contribution in [0, 0.1) is 0 Å². The lowest BCUT2D eigenvalue weighted by Gasteiger charge is -1.88. The van der Waals surface area contributed by atoms with Crippen molar-refractivity contribution in [3.63, 3.8) is 0 Å². The van der Waals surface area contributed by atoms with Crippen LogP contribution in [0.15, 0.2) is 29.0 Å². The number of hydrogen-bond acceptors (Lipinski definition) is 2. The quantitative estimate of drug-likeness (QED) is 0.494. The zero-order valence-electron chi connectivity index (χ0n) is 5.00. The maximum Gasteiger partial charge on any atom is 0.0216 e. The zero-order valence-corrected chi connectivity index (χ0v) is 6.71. The fourth-order valence-corrected chi connectivity index (χ4v) is 1.81. The average molecular weight is 156 g/mol. The molecule has 0 saturated carbocycles. The molecule has 0 aliphatic carbocycles. The lowest BCUT2D eigenvalue weighted by molar-refractivity contribution is 1.27. The molecule has 2 heteroatoms. The number of allylic oxidation sites excluding steroid dienone is 1. The highest BCUT2D eigenvalue weighted by Crippen LogP contribution is 2.20. The molecule has 9 heavy (non-hydrogen) atoms. The van der Waals surface area contributed by atoms with E-state index in [0.717, 1.165) is 11.3 Å². The minimum atomic E-state index is 0.941. The zero-order chi connectivity index (χ0) is 6.69. The lowest BCUT2D eigenvalue weighted by Crippen LogP contribution is -1.71. The number of hydrogen-bond donors (Lipinski definition) is 1. The molecule has 0 saturated heterocycles. The minimum absolute atomic E-state index is 0.941. The van der Waals surface area contributed by atoms with Crippen molar-refractivity contribution in [2.75, 3.05) is 0 Å². The highest BCUT2D eigenvalue weighted by Gasteiger charge is 1.95. The Hall–Kier alpha value is -0.210. The highest BCUT2D eigenvalue weighted by atomic mass is 32.1. The largest absolute Gasteiger partial charge is 0.147 e. The van der Waals surface area contributed by atoms with Gasteiger partial charge in [0.05, 0.1) is 0 Å².